The van der Waals surface area contributed by atoms with Crippen LogP contribution in [0, 0.1) is 13.8 Å². The molecule has 0 aliphatic carbocycles. The SMILES string of the molecule is Bc1cccc(Cn2cc(C(=O)c3cnc(C)c(C)c3)c(=O)c3ccccc32)n1. The second-order valence-electron chi connectivity index (χ2n) is 7.24. The van der Waals surface area contributed by atoms with Crippen LogP contribution in [-0.4, -0.2) is 28.2 Å². The summed E-state index contributed by atoms with van der Waals surface area (Å²) >= 11 is 0. The van der Waals surface area contributed by atoms with Crippen LogP contribution in [0.4, 0.5) is 0 Å². The van der Waals surface area contributed by atoms with Crippen molar-refractivity contribution < 1.29 is 4.79 Å². The Morgan fingerprint density at radius 3 is 2.66 bits per heavy atom. The van der Waals surface area contributed by atoms with E-state index in [2.05, 4.69) is 9.97 Å². The van der Waals surface area contributed by atoms with Crippen molar-refractivity contribution in [1.29, 1.82) is 0 Å². The van der Waals surface area contributed by atoms with Gasteiger partial charge in [0, 0.05) is 29.0 Å². The van der Waals surface area contributed by atoms with Gasteiger partial charge in [0.25, 0.3) is 0 Å². The highest BCUT2D eigenvalue weighted by Gasteiger charge is 2.18. The highest BCUT2D eigenvalue weighted by molar-refractivity contribution is 6.30. The Bertz CT molecular complexity index is 1310. The van der Waals surface area contributed by atoms with Gasteiger partial charge in [-0.15, -0.1) is 0 Å². The molecule has 0 atom stereocenters. The molecule has 0 aliphatic heterocycles. The molecule has 3 heterocycles. The molecule has 0 N–H and O–H groups in total. The number of fused-ring (bicyclic) bond motifs is 1. The van der Waals surface area contributed by atoms with Crippen molar-refractivity contribution in [2.24, 2.45) is 0 Å². The van der Waals surface area contributed by atoms with Gasteiger partial charge in [-0.3, -0.25) is 19.6 Å². The predicted octanol–water partition coefficient (Wildman–Crippen LogP) is 1.95. The van der Waals surface area contributed by atoms with E-state index >= 15 is 0 Å². The van der Waals surface area contributed by atoms with Crippen molar-refractivity contribution >= 4 is 30.1 Å². The first-order chi connectivity index (χ1) is 13.9. The normalized spacial score (nSPS) is 11.0. The Hall–Kier alpha value is -3.54. The molecule has 0 saturated carbocycles. The van der Waals surface area contributed by atoms with E-state index in [-0.39, 0.29) is 16.8 Å². The van der Waals surface area contributed by atoms with Crippen molar-refractivity contribution in [2.45, 2.75) is 20.4 Å². The highest BCUT2D eigenvalue weighted by Crippen LogP contribution is 2.16. The summed E-state index contributed by atoms with van der Waals surface area (Å²) in [5.74, 6) is -0.317. The molecule has 1 aromatic carbocycles. The molecule has 5 nitrogen and oxygen atoms in total. The summed E-state index contributed by atoms with van der Waals surface area (Å²) in [4.78, 5) is 35.1. The minimum Gasteiger partial charge on any atom is -0.340 e. The van der Waals surface area contributed by atoms with Crippen molar-refractivity contribution in [3.8, 4) is 0 Å². The Kier molecular flexibility index (Phi) is 4.85. The first-order valence-electron chi connectivity index (χ1n) is 9.46. The fraction of sp³-hybridized carbons (Fsp3) is 0.130. The molecule has 0 radical (unpaired) electrons. The number of benzene rings is 1. The summed E-state index contributed by atoms with van der Waals surface area (Å²) in [5, 5.41) is 0.516. The Labute approximate surface area is 169 Å². The number of hydrogen-bond acceptors (Lipinski definition) is 4. The third-order valence-corrected chi connectivity index (χ3v) is 5.11. The van der Waals surface area contributed by atoms with E-state index in [1.54, 1.807) is 18.3 Å². The Balaban J connectivity index is 1.88. The molecule has 0 saturated heterocycles. The molecule has 0 fully saturated rings. The fourth-order valence-electron chi connectivity index (χ4n) is 3.42. The van der Waals surface area contributed by atoms with Crippen LogP contribution >= 0.6 is 0 Å². The molecule has 6 heteroatoms. The number of nitrogens with zero attached hydrogens (tertiary/aromatic N) is 3. The third-order valence-electron chi connectivity index (χ3n) is 5.11. The molecule has 0 spiro atoms. The number of ketones is 1. The van der Waals surface area contributed by atoms with Gasteiger partial charge in [-0.25, -0.2) is 0 Å². The van der Waals surface area contributed by atoms with Gasteiger partial charge in [-0.1, -0.05) is 24.3 Å². The van der Waals surface area contributed by atoms with Crippen molar-refractivity contribution in [3.63, 3.8) is 0 Å². The van der Waals surface area contributed by atoms with E-state index in [0.29, 0.717) is 17.5 Å². The molecule has 0 amide bonds. The lowest BCUT2D eigenvalue weighted by atomic mass is 10.0. The van der Waals surface area contributed by atoms with E-state index in [4.69, 9.17) is 0 Å². The topological polar surface area (TPSA) is 64.8 Å². The zero-order chi connectivity index (χ0) is 20.5. The summed E-state index contributed by atoms with van der Waals surface area (Å²) in [6.45, 7) is 4.26. The number of carbonyl (C=O) groups excluding carboxylic acids is 1. The van der Waals surface area contributed by atoms with E-state index in [1.807, 2.05) is 62.7 Å². The quantitative estimate of drug-likeness (QED) is 0.400. The van der Waals surface area contributed by atoms with Crippen LogP contribution in [0.5, 0.6) is 0 Å². The predicted molar refractivity (Wildman–Crippen MR) is 117 cm³/mol. The van der Waals surface area contributed by atoms with Crippen LogP contribution in [0.1, 0.15) is 32.9 Å². The largest absolute Gasteiger partial charge is 0.340 e. The highest BCUT2D eigenvalue weighted by atomic mass is 16.1. The number of rotatable bonds is 4. The van der Waals surface area contributed by atoms with Gasteiger partial charge in [0.15, 0.2) is 13.6 Å². The van der Waals surface area contributed by atoms with Crippen LogP contribution in [0.15, 0.2) is 65.7 Å². The lowest BCUT2D eigenvalue weighted by Crippen LogP contribution is -2.21. The van der Waals surface area contributed by atoms with Crippen molar-refractivity contribution in [1.82, 2.24) is 14.5 Å². The molecule has 0 aliphatic rings. The summed E-state index contributed by atoms with van der Waals surface area (Å²) in [7, 11) is 1.94. The number of carbonyl (C=O) groups is 1. The summed E-state index contributed by atoms with van der Waals surface area (Å²) in [5.41, 5.74) is 4.63. The molecule has 0 unspecified atom stereocenters. The average molecular weight is 381 g/mol. The zero-order valence-corrected chi connectivity index (χ0v) is 16.6. The van der Waals surface area contributed by atoms with E-state index in [1.165, 1.54) is 6.20 Å². The molecule has 0 bridgehead atoms. The molecule has 4 rings (SSSR count). The smallest absolute Gasteiger partial charge is 0.200 e. The van der Waals surface area contributed by atoms with E-state index < -0.39 is 0 Å². The van der Waals surface area contributed by atoms with Gasteiger partial charge in [0.2, 0.25) is 5.43 Å². The summed E-state index contributed by atoms with van der Waals surface area (Å²) in [6.07, 6.45) is 3.18. The lowest BCUT2D eigenvalue weighted by Gasteiger charge is -2.13. The fourth-order valence-corrected chi connectivity index (χ4v) is 3.42. The van der Waals surface area contributed by atoms with Gasteiger partial charge in [0.1, 0.15) is 0 Å². The van der Waals surface area contributed by atoms with Gasteiger partial charge >= 0.3 is 0 Å². The van der Waals surface area contributed by atoms with E-state index in [9.17, 15) is 9.59 Å². The zero-order valence-electron chi connectivity index (χ0n) is 16.6. The molecule has 3 aromatic heterocycles. The van der Waals surface area contributed by atoms with Gasteiger partial charge in [0.05, 0.1) is 23.3 Å². The molecule has 4 aromatic rings. The molecule has 29 heavy (non-hydrogen) atoms. The minimum absolute atomic E-state index is 0.140. The standard InChI is InChI=1S/C23H20BN3O2/c1-14-10-16(11-25-15(14)2)22(28)19-13-27(12-17-6-5-9-21(24)26-17)20-8-4-3-7-18(20)23(19)29/h3-11,13H,12,24H2,1-2H3. The number of para-hydroxylation sites is 1. The van der Waals surface area contributed by atoms with Crippen molar-refractivity contribution in [3.05, 3.63) is 99.2 Å². The van der Waals surface area contributed by atoms with Crippen LogP contribution in [0.2, 0.25) is 0 Å². The van der Waals surface area contributed by atoms with Crippen LogP contribution in [-0.2, 0) is 6.54 Å². The second kappa shape index (κ2) is 7.47. The summed E-state index contributed by atoms with van der Waals surface area (Å²) in [6, 6.07) is 15.0. The average Bonchev–Trinajstić information content (AvgIpc) is 2.72. The number of pyridine rings is 3. The van der Waals surface area contributed by atoms with Gasteiger partial charge < -0.3 is 4.57 Å². The number of hydrogen-bond donors (Lipinski definition) is 0. The molecule has 142 valence electrons. The maximum Gasteiger partial charge on any atom is 0.200 e. The van der Waals surface area contributed by atoms with Crippen molar-refractivity contribution in [2.75, 3.05) is 0 Å². The van der Waals surface area contributed by atoms with Crippen LogP contribution in [0.3, 0.4) is 0 Å². The van der Waals surface area contributed by atoms with E-state index in [0.717, 1.165) is 28.1 Å². The molecular weight excluding hydrogens is 361 g/mol. The second-order valence-corrected chi connectivity index (χ2v) is 7.24. The lowest BCUT2D eigenvalue weighted by molar-refractivity contribution is 0.103. The van der Waals surface area contributed by atoms with Gasteiger partial charge in [-0.2, -0.15) is 0 Å². The Morgan fingerprint density at radius 2 is 1.90 bits per heavy atom. The maximum atomic E-state index is 13.2. The summed E-state index contributed by atoms with van der Waals surface area (Å²) < 4.78 is 1.92. The number of aryl methyl sites for hydroxylation is 2. The molecular formula is C23H20BN3O2. The monoisotopic (exact) mass is 381 g/mol. The first kappa shape index (κ1) is 18.8. The number of aromatic nitrogens is 3. The minimum atomic E-state index is -0.317. The van der Waals surface area contributed by atoms with Crippen LogP contribution < -0.4 is 11.0 Å². The third kappa shape index (κ3) is 3.61. The first-order valence-corrected chi connectivity index (χ1v) is 9.46. The maximum absolute atomic E-state index is 13.2. The Morgan fingerprint density at radius 1 is 1.10 bits per heavy atom. The van der Waals surface area contributed by atoms with Gasteiger partial charge in [-0.05, 0) is 49.3 Å². The van der Waals surface area contributed by atoms with Crippen LogP contribution in [0.25, 0.3) is 10.9 Å².